The molecule has 2 aromatic carbocycles. The van der Waals surface area contributed by atoms with Crippen LogP contribution in [-0.4, -0.2) is 17.1 Å². The normalized spacial score (nSPS) is 15.1. The topological polar surface area (TPSA) is 39.2 Å². The minimum atomic E-state index is -0.259. The highest BCUT2D eigenvalue weighted by Gasteiger charge is 2.21. The number of hydrogen-bond donors (Lipinski definition) is 0. The molecule has 0 aliphatic heterocycles. The minimum absolute atomic E-state index is 0.0298. The van der Waals surface area contributed by atoms with E-state index in [9.17, 15) is 4.79 Å². The van der Waals surface area contributed by atoms with E-state index in [4.69, 9.17) is 21.3 Å². The molecule has 1 aromatic heterocycles. The molecule has 1 aliphatic rings. The third kappa shape index (κ3) is 3.58. The van der Waals surface area contributed by atoms with E-state index in [1.807, 2.05) is 54.6 Å². The average Bonchev–Trinajstić information content (AvgIpc) is 2.68. The fourth-order valence-corrected chi connectivity index (χ4v) is 3.64. The number of aromatic nitrogens is 1. The summed E-state index contributed by atoms with van der Waals surface area (Å²) in [7, 11) is 0. The molecular formula is C22H20ClNO2. The van der Waals surface area contributed by atoms with Crippen molar-refractivity contribution < 1.29 is 9.53 Å². The van der Waals surface area contributed by atoms with Gasteiger partial charge in [0.25, 0.3) is 0 Å². The molecule has 4 heteroatoms. The van der Waals surface area contributed by atoms with Crippen LogP contribution in [0.25, 0.3) is 22.2 Å². The highest BCUT2D eigenvalue weighted by molar-refractivity contribution is 6.30. The predicted molar refractivity (Wildman–Crippen MR) is 104 cm³/mol. The van der Waals surface area contributed by atoms with E-state index in [1.165, 1.54) is 6.42 Å². The first kappa shape index (κ1) is 17.0. The Balaban J connectivity index is 1.74. The molecule has 3 aromatic rings. The molecule has 0 atom stereocenters. The SMILES string of the molecule is O=C(OC1CCCCC1)c1cc(-c2ccc(Cl)cc2)nc2ccccc12. The van der Waals surface area contributed by atoms with Crippen molar-refractivity contribution in [2.45, 2.75) is 38.2 Å². The Morgan fingerprint density at radius 2 is 1.73 bits per heavy atom. The zero-order valence-corrected chi connectivity index (χ0v) is 15.2. The summed E-state index contributed by atoms with van der Waals surface area (Å²) in [5.41, 5.74) is 3.03. The number of esters is 1. The molecule has 3 nitrogen and oxygen atoms in total. The van der Waals surface area contributed by atoms with Gasteiger partial charge < -0.3 is 4.74 Å². The number of halogens is 1. The first-order valence-electron chi connectivity index (χ1n) is 9.07. The molecule has 0 unspecified atom stereocenters. The second-order valence-electron chi connectivity index (χ2n) is 6.74. The molecule has 132 valence electrons. The van der Waals surface area contributed by atoms with Crippen molar-refractivity contribution in [2.75, 3.05) is 0 Å². The third-order valence-electron chi connectivity index (χ3n) is 4.90. The van der Waals surface area contributed by atoms with E-state index in [0.717, 1.165) is 47.8 Å². The Labute approximate surface area is 158 Å². The molecule has 1 aliphatic carbocycles. The van der Waals surface area contributed by atoms with Gasteiger partial charge in [-0.25, -0.2) is 9.78 Å². The zero-order valence-electron chi connectivity index (χ0n) is 14.5. The number of para-hydroxylation sites is 1. The van der Waals surface area contributed by atoms with Gasteiger partial charge in [0.15, 0.2) is 0 Å². The van der Waals surface area contributed by atoms with Gasteiger partial charge in [-0.05, 0) is 49.9 Å². The number of pyridine rings is 1. The Kier molecular flexibility index (Phi) is 4.89. The zero-order chi connectivity index (χ0) is 17.9. The predicted octanol–water partition coefficient (Wildman–Crippen LogP) is 6.04. The van der Waals surface area contributed by atoms with Gasteiger partial charge in [0.1, 0.15) is 6.10 Å². The number of rotatable bonds is 3. The highest BCUT2D eigenvalue weighted by Crippen LogP contribution is 2.28. The summed E-state index contributed by atoms with van der Waals surface area (Å²) in [6.07, 6.45) is 5.43. The van der Waals surface area contributed by atoms with Gasteiger partial charge in [0.2, 0.25) is 0 Å². The standard InChI is InChI=1S/C22H20ClNO2/c23-16-12-10-15(11-13-16)21-14-19(18-8-4-5-9-20(18)24-21)22(25)26-17-6-2-1-3-7-17/h4-5,8-14,17H,1-3,6-7H2. The van der Waals surface area contributed by atoms with Gasteiger partial charge in [-0.15, -0.1) is 0 Å². The summed E-state index contributed by atoms with van der Waals surface area (Å²) in [6.45, 7) is 0. The van der Waals surface area contributed by atoms with Crippen LogP contribution in [0.2, 0.25) is 5.02 Å². The maximum Gasteiger partial charge on any atom is 0.339 e. The maximum absolute atomic E-state index is 12.9. The van der Waals surface area contributed by atoms with E-state index in [2.05, 4.69) is 0 Å². The fraction of sp³-hybridized carbons (Fsp3) is 0.273. The lowest BCUT2D eigenvalue weighted by Gasteiger charge is -2.22. The lowest BCUT2D eigenvalue weighted by atomic mass is 9.97. The van der Waals surface area contributed by atoms with Crippen molar-refractivity contribution in [2.24, 2.45) is 0 Å². The number of fused-ring (bicyclic) bond motifs is 1. The van der Waals surface area contributed by atoms with E-state index < -0.39 is 0 Å². The first-order chi connectivity index (χ1) is 12.7. The second kappa shape index (κ2) is 7.46. The van der Waals surface area contributed by atoms with Crippen molar-refractivity contribution in [3.63, 3.8) is 0 Å². The van der Waals surface area contributed by atoms with Crippen LogP contribution in [0.3, 0.4) is 0 Å². The molecule has 1 heterocycles. The minimum Gasteiger partial charge on any atom is -0.459 e. The number of ether oxygens (including phenoxy) is 1. The average molecular weight is 366 g/mol. The van der Waals surface area contributed by atoms with Crippen molar-refractivity contribution in [3.8, 4) is 11.3 Å². The number of carbonyl (C=O) groups excluding carboxylic acids is 1. The summed E-state index contributed by atoms with van der Waals surface area (Å²) in [5, 5.41) is 1.50. The molecule has 0 N–H and O–H groups in total. The van der Waals surface area contributed by atoms with Gasteiger partial charge in [0.05, 0.1) is 16.8 Å². The van der Waals surface area contributed by atoms with E-state index in [-0.39, 0.29) is 12.1 Å². The van der Waals surface area contributed by atoms with Crippen LogP contribution in [0, 0.1) is 0 Å². The van der Waals surface area contributed by atoms with Crippen LogP contribution in [0.4, 0.5) is 0 Å². The van der Waals surface area contributed by atoms with Gasteiger partial charge in [-0.2, -0.15) is 0 Å². The Bertz CT molecular complexity index is 931. The van der Waals surface area contributed by atoms with Gasteiger partial charge >= 0.3 is 5.97 Å². The van der Waals surface area contributed by atoms with Gasteiger partial charge in [0, 0.05) is 16.0 Å². The molecule has 1 fully saturated rings. The molecule has 0 radical (unpaired) electrons. The number of hydrogen-bond acceptors (Lipinski definition) is 3. The number of benzene rings is 2. The third-order valence-corrected chi connectivity index (χ3v) is 5.15. The monoisotopic (exact) mass is 365 g/mol. The van der Waals surface area contributed by atoms with Crippen molar-refractivity contribution in [3.05, 3.63) is 65.2 Å². The van der Waals surface area contributed by atoms with Crippen molar-refractivity contribution in [1.29, 1.82) is 0 Å². The molecule has 4 rings (SSSR count). The first-order valence-corrected chi connectivity index (χ1v) is 9.45. The van der Waals surface area contributed by atoms with Crippen LogP contribution in [0.5, 0.6) is 0 Å². The van der Waals surface area contributed by atoms with Gasteiger partial charge in [-0.3, -0.25) is 0 Å². The number of carbonyl (C=O) groups is 1. The highest BCUT2D eigenvalue weighted by atomic mass is 35.5. The molecule has 1 saturated carbocycles. The lowest BCUT2D eigenvalue weighted by Crippen LogP contribution is -2.21. The van der Waals surface area contributed by atoms with Gasteiger partial charge in [-0.1, -0.05) is 48.4 Å². The summed E-state index contributed by atoms with van der Waals surface area (Å²) in [6, 6.07) is 17.0. The summed E-state index contributed by atoms with van der Waals surface area (Å²) >= 11 is 5.99. The molecule has 0 spiro atoms. The summed E-state index contributed by atoms with van der Waals surface area (Å²) in [5.74, 6) is -0.259. The van der Waals surface area contributed by atoms with E-state index in [1.54, 1.807) is 0 Å². The largest absolute Gasteiger partial charge is 0.459 e. The summed E-state index contributed by atoms with van der Waals surface area (Å²) < 4.78 is 5.81. The van der Waals surface area contributed by atoms with Crippen LogP contribution in [0.15, 0.2) is 54.6 Å². The van der Waals surface area contributed by atoms with Crippen LogP contribution in [0.1, 0.15) is 42.5 Å². The summed E-state index contributed by atoms with van der Waals surface area (Å²) in [4.78, 5) is 17.6. The molecule has 0 bridgehead atoms. The molecule has 0 amide bonds. The molecular weight excluding hydrogens is 346 g/mol. The van der Waals surface area contributed by atoms with Crippen LogP contribution < -0.4 is 0 Å². The van der Waals surface area contributed by atoms with Crippen LogP contribution >= 0.6 is 11.6 Å². The van der Waals surface area contributed by atoms with Crippen molar-refractivity contribution in [1.82, 2.24) is 4.98 Å². The number of nitrogens with zero attached hydrogens (tertiary/aromatic N) is 1. The second-order valence-corrected chi connectivity index (χ2v) is 7.18. The van der Waals surface area contributed by atoms with E-state index in [0.29, 0.717) is 10.6 Å². The van der Waals surface area contributed by atoms with Crippen LogP contribution in [-0.2, 0) is 4.74 Å². The fourth-order valence-electron chi connectivity index (χ4n) is 3.51. The maximum atomic E-state index is 12.9. The van der Waals surface area contributed by atoms with E-state index >= 15 is 0 Å². The quantitative estimate of drug-likeness (QED) is 0.531. The molecule has 26 heavy (non-hydrogen) atoms. The molecule has 0 saturated heterocycles. The smallest absolute Gasteiger partial charge is 0.339 e. The lowest BCUT2D eigenvalue weighted by molar-refractivity contribution is 0.0213. The Hall–Kier alpha value is -2.39. The Morgan fingerprint density at radius 1 is 1.00 bits per heavy atom. The van der Waals surface area contributed by atoms with Crippen molar-refractivity contribution >= 4 is 28.5 Å². The Morgan fingerprint density at radius 3 is 2.50 bits per heavy atom.